The Morgan fingerprint density at radius 1 is 1.26 bits per heavy atom. The van der Waals surface area contributed by atoms with E-state index in [9.17, 15) is 14.4 Å². The second-order valence-electron chi connectivity index (χ2n) is 7.62. The van der Waals surface area contributed by atoms with Gasteiger partial charge in [-0.3, -0.25) is 14.5 Å². The van der Waals surface area contributed by atoms with Gasteiger partial charge in [-0.25, -0.2) is 9.80 Å². The topological polar surface area (TPSA) is 82.1 Å². The Morgan fingerprint density at radius 2 is 2.04 bits per heavy atom. The summed E-state index contributed by atoms with van der Waals surface area (Å²) in [4.78, 5) is 39.1. The molecule has 1 N–H and O–H groups in total. The number of nitrogens with one attached hydrogen (secondary N) is 1. The first kappa shape index (κ1) is 17.7. The van der Waals surface area contributed by atoms with Crippen LogP contribution in [-0.4, -0.2) is 52.1 Å². The summed E-state index contributed by atoms with van der Waals surface area (Å²) >= 11 is 0. The Labute approximate surface area is 158 Å². The fourth-order valence-corrected chi connectivity index (χ4v) is 4.33. The van der Waals surface area contributed by atoms with Crippen LogP contribution in [0.3, 0.4) is 0 Å². The normalized spacial score (nSPS) is 27.9. The van der Waals surface area contributed by atoms with Crippen molar-refractivity contribution in [3.05, 3.63) is 35.9 Å². The SMILES string of the molecule is C[C@H]1CCCC[C@]12NC(=O)N(CC(=O)N1CCC(c3ccccc3)=N1)C2=O. The molecule has 0 radical (unpaired) electrons. The molecule has 1 aromatic carbocycles. The van der Waals surface area contributed by atoms with Crippen molar-refractivity contribution < 1.29 is 14.4 Å². The molecule has 2 atom stereocenters. The third-order valence-corrected chi connectivity index (χ3v) is 5.99. The molecule has 1 saturated heterocycles. The lowest BCUT2D eigenvalue weighted by atomic mass is 9.73. The highest BCUT2D eigenvalue weighted by atomic mass is 16.2. The van der Waals surface area contributed by atoms with Crippen molar-refractivity contribution in [2.24, 2.45) is 11.0 Å². The molecule has 7 nitrogen and oxygen atoms in total. The van der Waals surface area contributed by atoms with Crippen molar-refractivity contribution in [2.45, 2.75) is 44.6 Å². The van der Waals surface area contributed by atoms with Crippen molar-refractivity contribution >= 4 is 23.6 Å². The lowest BCUT2D eigenvalue weighted by Gasteiger charge is -2.36. The minimum absolute atomic E-state index is 0.0808. The fraction of sp³-hybridized carbons (Fsp3) is 0.500. The van der Waals surface area contributed by atoms with Crippen LogP contribution in [0, 0.1) is 5.92 Å². The monoisotopic (exact) mass is 368 g/mol. The lowest BCUT2D eigenvalue weighted by molar-refractivity contribution is -0.140. The van der Waals surface area contributed by atoms with E-state index in [0.29, 0.717) is 19.4 Å². The van der Waals surface area contributed by atoms with E-state index in [1.165, 1.54) is 5.01 Å². The van der Waals surface area contributed by atoms with Gasteiger partial charge in [-0.1, -0.05) is 50.1 Å². The fourth-order valence-electron chi connectivity index (χ4n) is 4.33. The molecule has 1 saturated carbocycles. The Hall–Kier alpha value is -2.70. The number of hydrazone groups is 1. The number of carbonyl (C=O) groups excluding carboxylic acids is 3. The van der Waals surface area contributed by atoms with Gasteiger partial charge in [0.2, 0.25) is 0 Å². The molecule has 0 bridgehead atoms. The molecule has 1 aliphatic carbocycles. The zero-order valence-electron chi connectivity index (χ0n) is 15.5. The van der Waals surface area contributed by atoms with Gasteiger partial charge in [0.05, 0.1) is 12.3 Å². The summed E-state index contributed by atoms with van der Waals surface area (Å²) in [6, 6.07) is 9.24. The molecule has 0 unspecified atom stereocenters. The average molecular weight is 368 g/mol. The third-order valence-electron chi connectivity index (χ3n) is 5.99. The summed E-state index contributed by atoms with van der Waals surface area (Å²) in [6.07, 6.45) is 4.19. The van der Waals surface area contributed by atoms with Crippen molar-refractivity contribution in [3.63, 3.8) is 0 Å². The van der Waals surface area contributed by atoms with Crippen LogP contribution < -0.4 is 5.32 Å². The van der Waals surface area contributed by atoms with Gasteiger partial charge in [-0.15, -0.1) is 0 Å². The number of rotatable bonds is 3. The zero-order valence-corrected chi connectivity index (χ0v) is 15.5. The third kappa shape index (κ3) is 3.01. The molecule has 4 rings (SSSR count). The highest BCUT2D eigenvalue weighted by Gasteiger charge is 2.55. The van der Waals surface area contributed by atoms with Crippen LogP contribution >= 0.6 is 0 Å². The Bertz CT molecular complexity index is 807. The highest BCUT2D eigenvalue weighted by Crippen LogP contribution is 2.38. The quantitative estimate of drug-likeness (QED) is 0.830. The lowest BCUT2D eigenvalue weighted by Crippen LogP contribution is -2.54. The number of imide groups is 1. The van der Waals surface area contributed by atoms with Gasteiger partial charge in [0.1, 0.15) is 12.1 Å². The van der Waals surface area contributed by atoms with Crippen molar-refractivity contribution in [1.29, 1.82) is 0 Å². The first-order valence-electron chi connectivity index (χ1n) is 9.58. The highest BCUT2D eigenvalue weighted by molar-refractivity contribution is 6.09. The first-order valence-corrected chi connectivity index (χ1v) is 9.58. The van der Waals surface area contributed by atoms with E-state index < -0.39 is 11.6 Å². The van der Waals surface area contributed by atoms with Crippen LogP contribution in [0.1, 0.15) is 44.6 Å². The molecular formula is C20H24N4O3. The van der Waals surface area contributed by atoms with Crippen molar-refractivity contribution in [2.75, 3.05) is 13.1 Å². The summed E-state index contributed by atoms with van der Waals surface area (Å²) in [5.74, 6) is -0.512. The molecule has 4 amide bonds. The molecule has 1 aromatic rings. The molecule has 2 aliphatic heterocycles. The Morgan fingerprint density at radius 3 is 2.78 bits per heavy atom. The van der Waals surface area contributed by atoms with Gasteiger partial charge < -0.3 is 5.32 Å². The van der Waals surface area contributed by atoms with E-state index in [-0.39, 0.29) is 24.3 Å². The number of carbonyl (C=O) groups is 3. The number of nitrogens with zero attached hydrogens (tertiary/aromatic N) is 3. The maximum atomic E-state index is 13.0. The molecule has 3 aliphatic rings. The number of benzene rings is 1. The van der Waals surface area contributed by atoms with E-state index in [1.54, 1.807) is 0 Å². The van der Waals surface area contributed by atoms with Gasteiger partial charge in [0.25, 0.3) is 11.8 Å². The molecule has 0 aromatic heterocycles. The molecule has 7 heteroatoms. The van der Waals surface area contributed by atoms with Crippen LogP contribution in [0.4, 0.5) is 4.79 Å². The van der Waals surface area contributed by atoms with Crippen LogP contribution in [0.25, 0.3) is 0 Å². The van der Waals surface area contributed by atoms with E-state index >= 15 is 0 Å². The minimum atomic E-state index is -0.834. The van der Waals surface area contributed by atoms with E-state index in [4.69, 9.17) is 0 Å². The van der Waals surface area contributed by atoms with Gasteiger partial charge >= 0.3 is 6.03 Å². The number of amides is 4. The Kier molecular flexibility index (Phi) is 4.45. The standard InChI is InChI=1S/C20H24N4O3/c1-14-7-5-6-11-20(14)18(26)23(19(27)21-20)13-17(25)24-12-10-16(22-24)15-8-3-2-4-9-15/h2-4,8-9,14H,5-7,10-13H2,1H3,(H,21,27)/t14-,20-/m0/s1. The average Bonchev–Trinajstić information content (AvgIpc) is 3.25. The minimum Gasteiger partial charge on any atom is -0.323 e. The van der Waals surface area contributed by atoms with Gasteiger partial charge in [0, 0.05) is 6.42 Å². The summed E-state index contributed by atoms with van der Waals surface area (Å²) < 4.78 is 0. The number of hydrogen-bond acceptors (Lipinski definition) is 4. The zero-order chi connectivity index (χ0) is 19.0. The predicted molar refractivity (Wildman–Crippen MR) is 99.9 cm³/mol. The number of urea groups is 1. The van der Waals surface area contributed by atoms with Gasteiger partial charge in [-0.2, -0.15) is 5.10 Å². The molecule has 27 heavy (non-hydrogen) atoms. The van der Waals surface area contributed by atoms with Crippen molar-refractivity contribution in [1.82, 2.24) is 15.2 Å². The molecule has 2 fully saturated rings. The second-order valence-corrected chi connectivity index (χ2v) is 7.62. The summed E-state index contributed by atoms with van der Waals surface area (Å²) in [6.45, 7) is 2.21. The van der Waals surface area contributed by atoms with Crippen LogP contribution in [-0.2, 0) is 9.59 Å². The molecule has 2 heterocycles. The summed E-state index contributed by atoms with van der Waals surface area (Å²) in [7, 11) is 0. The summed E-state index contributed by atoms with van der Waals surface area (Å²) in [5, 5.41) is 8.65. The first-order chi connectivity index (χ1) is 13.0. The van der Waals surface area contributed by atoms with Gasteiger partial charge in [0.15, 0.2) is 0 Å². The molecular weight excluding hydrogens is 344 g/mol. The van der Waals surface area contributed by atoms with Crippen LogP contribution in [0.15, 0.2) is 35.4 Å². The van der Waals surface area contributed by atoms with Crippen LogP contribution in [0.5, 0.6) is 0 Å². The molecule has 1 spiro atoms. The number of hydrogen-bond donors (Lipinski definition) is 1. The van der Waals surface area contributed by atoms with Gasteiger partial charge in [-0.05, 0) is 24.3 Å². The largest absolute Gasteiger partial charge is 0.325 e. The summed E-state index contributed by atoms with van der Waals surface area (Å²) in [5.41, 5.74) is 0.996. The van der Waals surface area contributed by atoms with E-state index in [2.05, 4.69) is 10.4 Å². The molecule has 142 valence electrons. The predicted octanol–water partition coefficient (Wildman–Crippen LogP) is 2.12. The van der Waals surface area contributed by atoms with Crippen molar-refractivity contribution in [3.8, 4) is 0 Å². The smallest absolute Gasteiger partial charge is 0.323 e. The maximum absolute atomic E-state index is 13.0. The van der Waals surface area contributed by atoms with Crippen LogP contribution in [0.2, 0.25) is 0 Å². The van der Waals surface area contributed by atoms with E-state index in [0.717, 1.165) is 35.4 Å². The second kappa shape index (κ2) is 6.79. The van der Waals surface area contributed by atoms with E-state index in [1.807, 2.05) is 37.3 Å². The Balaban J connectivity index is 1.46. The maximum Gasteiger partial charge on any atom is 0.325 e.